The van der Waals surface area contributed by atoms with Crippen molar-refractivity contribution in [1.29, 1.82) is 0 Å². The molecule has 0 saturated heterocycles. The van der Waals surface area contributed by atoms with E-state index in [1.807, 2.05) is 24.3 Å². The minimum Gasteiger partial charge on any atom is -0.491 e. The Morgan fingerprint density at radius 1 is 1.23 bits per heavy atom. The summed E-state index contributed by atoms with van der Waals surface area (Å²) >= 11 is 0. The molecular formula is C11H13O2. The third kappa shape index (κ3) is 3.07. The molecule has 0 N–H and O–H groups in total. The molecule has 2 heteroatoms. The van der Waals surface area contributed by atoms with Crippen LogP contribution in [0, 0.1) is 6.07 Å². The first kappa shape index (κ1) is 8.57. The summed E-state index contributed by atoms with van der Waals surface area (Å²) in [6, 6.07) is 10.4. The molecule has 1 radical (unpaired) electrons. The lowest BCUT2D eigenvalue weighted by atomic mass is 10.3. The van der Waals surface area contributed by atoms with Crippen LogP contribution in [0.5, 0.6) is 5.75 Å². The summed E-state index contributed by atoms with van der Waals surface area (Å²) in [4.78, 5) is 0. The maximum absolute atomic E-state index is 5.44. The monoisotopic (exact) mass is 177 g/mol. The van der Waals surface area contributed by atoms with E-state index in [2.05, 4.69) is 6.07 Å². The highest BCUT2D eigenvalue weighted by Gasteiger charge is 2.21. The molecule has 13 heavy (non-hydrogen) atoms. The molecule has 1 aromatic rings. The van der Waals surface area contributed by atoms with Crippen LogP contribution in [-0.4, -0.2) is 19.3 Å². The van der Waals surface area contributed by atoms with Crippen LogP contribution in [0.3, 0.4) is 0 Å². The number of hydrogen-bond acceptors (Lipinski definition) is 2. The summed E-state index contributed by atoms with van der Waals surface area (Å²) in [7, 11) is 0. The van der Waals surface area contributed by atoms with Crippen LogP contribution in [0.4, 0.5) is 0 Å². The Kier molecular flexibility index (Phi) is 2.82. The third-order valence-electron chi connectivity index (χ3n) is 1.92. The molecule has 1 saturated carbocycles. The van der Waals surface area contributed by atoms with Gasteiger partial charge in [-0.1, -0.05) is 12.1 Å². The molecule has 0 heterocycles. The topological polar surface area (TPSA) is 18.5 Å². The van der Waals surface area contributed by atoms with Gasteiger partial charge in [0.2, 0.25) is 0 Å². The Labute approximate surface area is 78.5 Å². The van der Waals surface area contributed by atoms with Gasteiger partial charge < -0.3 is 9.47 Å². The largest absolute Gasteiger partial charge is 0.491 e. The van der Waals surface area contributed by atoms with Crippen molar-refractivity contribution in [2.75, 3.05) is 13.2 Å². The number of hydrogen-bond donors (Lipinski definition) is 0. The summed E-state index contributed by atoms with van der Waals surface area (Å²) in [5.74, 6) is 0.887. The van der Waals surface area contributed by atoms with Gasteiger partial charge in [0.05, 0.1) is 12.7 Å². The fourth-order valence-electron chi connectivity index (χ4n) is 1.08. The van der Waals surface area contributed by atoms with Crippen LogP contribution in [0.15, 0.2) is 24.3 Å². The van der Waals surface area contributed by atoms with Gasteiger partial charge in [-0.15, -0.1) is 0 Å². The molecule has 69 valence electrons. The average molecular weight is 177 g/mol. The first-order valence-electron chi connectivity index (χ1n) is 4.66. The molecule has 0 unspecified atom stereocenters. The maximum atomic E-state index is 5.44. The Balaban J connectivity index is 1.61. The molecule has 0 bridgehead atoms. The standard InChI is InChI=1S/C11H13O2/c1-2-4-10(5-3-1)12-8-9-13-11-6-7-11/h2-5,11H,6-9H2. The fraction of sp³-hybridized carbons (Fsp3) is 0.455. The Morgan fingerprint density at radius 2 is 2.00 bits per heavy atom. The maximum Gasteiger partial charge on any atom is 0.119 e. The summed E-state index contributed by atoms with van der Waals surface area (Å²) in [6.45, 7) is 1.34. The average Bonchev–Trinajstić information content (AvgIpc) is 2.98. The normalized spacial score (nSPS) is 15.7. The van der Waals surface area contributed by atoms with E-state index in [1.165, 1.54) is 12.8 Å². The van der Waals surface area contributed by atoms with E-state index in [1.54, 1.807) is 0 Å². The highest BCUT2D eigenvalue weighted by Crippen LogP contribution is 2.23. The van der Waals surface area contributed by atoms with Gasteiger partial charge >= 0.3 is 0 Å². The molecule has 0 spiro atoms. The van der Waals surface area contributed by atoms with E-state index >= 15 is 0 Å². The molecular weight excluding hydrogens is 164 g/mol. The van der Waals surface area contributed by atoms with Gasteiger partial charge in [-0.25, -0.2) is 0 Å². The predicted molar refractivity (Wildman–Crippen MR) is 49.7 cm³/mol. The van der Waals surface area contributed by atoms with Gasteiger partial charge in [0, 0.05) is 0 Å². The molecule has 1 fully saturated rings. The highest BCUT2D eigenvalue weighted by molar-refractivity contribution is 5.20. The molecule has 1 aliphatic carbocycles. The fourth-order valence-corrected chi connectivity index (χ4v) is 1.08. The Bertz CT molecular complexity index is 242. The molecule has 1 aliphatic rings. The second kappa shape index (κ2) is 4.28. The predicted octanol–water partition coefficient (Wildman–Crippen LogP) is 2.04. The zero-order valence-electron chi connectivity index (χ0n) is 7.53. The van der Waals surface area contributed by atoms with Gasteiger partial charge in [0.1, 0.15) is 12.4 Å². The quantitative estimate of drug-likeness (QED) is 0.641. The van der Waals surface area contributed by atoms with E-state index in [0.29, 0.717) is 19.3 Å². The zero-order valence-corrected chi connectivity index (χ0v) is 7.53. The molecule has 1 aromatic carbocycles. The van der Waals surface area contributed by atoms with Crippen molar-refractivity contribution in [3.05, 3.63) is 30.3 Å². The van der Waals surface area contributed by atoms with Crippen molar-refractivity contribution in [3.8, 4) is 5.75 Å². The van der Waals surface area contributed by atoms with Gasteiger partial charge in [-0.2, -0.15) is 0 Å². The van der Waals surface area contributed by atoms with Crippen molar-refractivity contribution in [2.45, 2.75) is 18.9 Å². The molecule has 0 aliphatic heterocycles. The van der Waals surface area contributed by atoms with Crippen molar-refractivity contribution in [2.24, 2.45) is 0 Å². The van der Waals surface area contributed by atoms with Gasteiger partial charge in [-0.05, 0) is 31.0 Å². The smallest absolute Gasteiger partial charge is 0.119 e. The molecule has 0 atom stereocenters. The van der Waals surface area contributed by atoms with Crippen LogP contribution in [-0.2, 0) is 4.74 Å². The summed E-state index contributed by atoms with van der Waals surface area (Å²) in [6.07, 6.45) is 2.97. The van der Waals surface area contributed by atoms with Gasteiger partial charge in [0.15, 0.2) is 0 Å². The van der Waals surface area contributed by atoms with Crippen molar-refractivity contribution < 1.29 is 9.47 Å². The lowest BCUT2D eigenvalue weighted by Crippen LogP contribution is -2.07. The second-order valence-electron chi connectivity index (χ2n) is 3.15. The number of rotatable bonds is 5. The number of ether oxygens (including phenoxy) is 2. The second-order valence-corrected chi connectivity index (χ2v) is 3.15. The first-order valence-corrected chi connectivity index (χ1v) is 4.66. The van der Waals surface area contributed by atoms with Crippen LogP contribution in [0.2, 0.25) is 0 Å². The highest BCUT2D eigenvalue weighted by atomic mass is 16.5. The Hall–Kier alpha value is -1.02. The van der Waals surface area contributed by atoms with E-state index in [-0.39, 0.29) is 0 Å². The molecule has 0 amide bonds. The van der Waals surface area contributed by atoms with Crippen molar-refractivity contribution in [3.63, 3.8) is 0 Å². The molecule has 2 nitrogen and oxygen atoms in total. The van der Waals surface area contributed by atoms with Crippen LogP contribution < -0.4 is 4.74 Å². The third-order valence-corrected chi connectivity index (χ3v) is 1.92. The first-order chi connectivity index (χ1) is 6.45. The van der Waals surface area contributed by atoms with Gasteiger partial charge in [-0.3, -0.25) is 0 Å². The Morgan fingerprint density at radius 3 is 2.69 bits per heavy atom. The van der Waals surface area contributed by atoms with E-state index in [0.717, 1.165) is 5.75 Å². The molecule has 2 rings (SSSR count). The van der Waals surface area contributed by atoms with Crippen molar-refractivity contribution >= 4 is 0 Å². The van der Waals surface area contributed by atoms with Crippen LogP contribution in [0.25, 0.3) is 0 Å². The van der Waals surface area contributed by atoms with Gasteiger partial charge in [0.25, 0.3) is 0 Å². The molecule has 0 aromatic heterocycles. The minimum atomic E-state index is 0.521. The lowest BCUT2D eigenvalue weighted by Gasteiger charge is -2.05. The van der Waals surface area contributed by atoms with E-state index in [9.17, 15) is 0 Å². The number of benzene rings is 1. The minimum absolute atomic E-state index is 0.521. The van der Waals surface area contributed by atoms with Crippen molar-refractivity contribution in [1.82, 2.24) is 0 Å². The SMILES string of the molecule is [c]1ccc(OCCOC2CC2)cc1. The lowest BCUT2D eigenvalue weighted by molar-refractivity contribution is 0.0881. The van der Waals surface area contributed by atoms with Crippen LogP contribution in [0.1, 0.15) is 12.8 Å². The van der Waals surface area contributed by atoms with E-state index < -0.39 is 0 Å². The summed E-state index contributed by atoms with van der Waals surface area (Å²) < 4.78 is 10.9. The summed E-state index contributed by atoms with van der Waals surface area (Å²) in [5, 5.41) is 0. The summed E-state index contributed by atoms with van der Waals surface area (Å²) in [5.41, 5.74) is 0. The van der Waals surface area contributed by atoms with E-state index in [4.69, 9.17) is 9.47 Å². The zero-order chi connectivity index (χ0) is 8.93. The van der Waals surface area contributed by atoms with Crippen LogP contribution >= 0.6 is 0 Å².